The summed E-state index contributed by atoms with van der Waals surface area (Å²) in [7, 11) is 2.92. The zero-order chi connectivity index (χ0) is 13.3. The number of hydrogen-bond acceptors (Lipinski definition) is 4. The molecular weight excluding hydrogens is 232 g/mol. The molecule has 1 aromatic carbocycles. The van der Waals surface area contributed by atoms with Crippen molar-refractivity contribution in [1.29, 1.82) is 0 Å². The van der Waals surface area contributed by atoms with Crippen molar-refractivity contribution in [2.75, 3.05) is 14.2 Å². The third-order valence-electron chi connectivity index (χ3n) is 3.03. The average Bonchev–Trinajstić information content (AvgIpc) is 2.41. The molecule has 0 saturated carbocycles. The normalized spacial score (nSPS) is 14.6. The fourth-order valence-electron chi connectivity index (χ4n) is 2.10. The molecule has 1 aliphatic carbocycles. The first-order chi connectivity index (χ1) is 8.63. The second-order valence-electron chi connectivity index (χ2n) is 3.94. The highest BCUT2D eigenvalue weighted by molar-refractivity contribution is 6.26. The molecule has 0 aromatic heterocycles. The number of ether oxygens (including phenoxy) is 2. The van der Waals surface area contributed by atoms with E-state index < -0.39 is 0 Å². The highest BCUT2D eigenvalue weighted by atomic mass is 16.5. The van der Waals surface area contributed by atoms with Gasteiger partial charge in [-0.05, 0) is 24.6 Å². The topological polar surface area (TPSA) is 52.6 Å². The molecule has 0 bridgehead atoms. The number of hydrogen-bond donors (Lipinski definition) is 0. The van der Waals surface area contributed by atoms with E-state index in [9.17, 15) is 9.59 Å². The number of carbonyl (C=O) groups excluding carboxylic acids is 2. The van der Waals surface area contributed by atoms with E-state index in [2.05, 4.69) is 0 Å². The van der Waals surface area contributed by atoms with Gasteiger partial charge in [0.15, 0.2) is 11.5 Å². The van der Waals surface area contributed by atoms with Gasteiger partial charge in [0.05, 0.1) is 14.2 Å². The Labute approximate surface area is 105 Å². The SMILES string of the molecule is CCC1=C(OC)C(=O)c2cc(OC)ccc2C1=O. The van der Waals surface area contributed by atoms with Gasteiger partial charge in [0, 0.05) is 16.7 Å². The van der Waals surface area contributed by atoms with Crippen LogP contribution in [0.2, 0.25) is 0 Å². The van der Waals surface area contributed by atoms with Crippen LogP contribution in [-0.2, 0) is 4.74 Å². The molecule has 2 rings (SSSR count). The monoisotopic (exact) mass is 246 g/mol. The van der Waals surface area contributed by atoms with Gasteiger partial charge in [-0.15, -0.1) is 0 Å². The van der Waals surface area contributed by atoms with Crippen molar-refractivity contribution in [2.45, 2.75) is 13.3 Å². The molecule has 0 N–H and O–H groups in total. The molecule has 0 fully saturated rings. The Morgan fingerprint density at radius 1 is 1.00 bits per heavy atom. The molecule has 0 aliphatic heterocycles. The summed E-state index contributed by atoms with van der Waals surface area (Å²) in [5.74, 6) is 0.281. The van der Waals surface area contributed by atoms with E-state index in [-0.39, 0.29) is 17.3 Å². The van der Waals surface area contributed by atoms with Gasteiger partial charge in [-0.3, -0.25) is 9.59 Å². The number of benzene rings is 1. The average molecular weight is 246 g/mol. The molecule has 4 heteroatoms. The van der Waals surface area contributed by atoms with E-state index in [4.69, 9.17) is 9.47 Å². The van der Waals surface area contributed by atoms with Crippen molar-refractivity contribution >= 4 is 11.6 Å². The summed E-state index contributed by atoms with van der Waals surface area (Å²) in [6, 6.07) is 4.87. The third-order valence-corrected chi connectivity index (χ3v) is 3.03. The molecule has 0 heterocycles. The third kappa shape index (κ3) is 1.70. The number of carbonyl (C=O) groups is 2. The number of fused-ring (bicyclic) bond motifs is 1. The Morgan fingerprint density at radius 2 is 1.72 bits per heavy atom. The van der Waals surface area contributed by atoms with Gasteiger partial charge in [0.1, 0.15) is 5.75 Å². The van der Waals surface area contributed by atoms with Crippen LogP contribution in [0.3, 0.4) is 0 Å². The van der Waals surface area contributed by atoms with E-state index in [0.29, 0.717) is 28.9 Å². The van der Waals surface area contributed by atoms with E-state index >= 15 is 0 Å². The van der Waals surface area contributed by atoms with Crippen molar-refractivity contribution in [3.8, 4) is 5.75 Å². The summed E-state index contributed by atoms with van der Waals surface area (Å²) in [5.41, 5.74) is 1.19. The van der Waals surface area contributed by atoms with Crippen LogP contribution in [0.1, 0.15) is 34.1 Å². The molecule has 0 amide bonds. The summed E-state index contributed by atoms with van der Waals surface area (Å²) in [6.07, 6.45) is 0.471. The van der Waals surface area contributed by atoms with Crippen LogP contribution >= 0.6 is 0 Å². The van der Waals surface area contributed by atoms with Gasteiger partial charge in [0.2, 0.25) is 5.78 Å². The second-order valence-corrected chi connectivity index (χ2v) is 3.94. The Morgan fingerprint density at radius 3 is 2.28 bits per heavy atom. The van der Waals surface area contributed by atoms with Crippen LogP contribution in [0.4, 0.5) is 0 Å². The second kappa shape index (κ2) is 4.64. The van der Waals surface area contributed by atoms with E-state index in [1.807, 2.05) is 6.92 Å². The quantitative estimate of drug-likeness (QED) is 0.821. The van der Waals surface area contributed by atoms with Crippen LogP contribution in [0.15, 0.2) is 29.5 Å². The summed E-state index contributed by atoms with van der Waals surface area (Å²) in [6.45, 7) is 1.83. The molecule has 0 atom stereocenters. The standard InChI is InChI=1S/C14H14O4/c1-4-9-12(15)10-6-5-8(17-2)7-11(10)13(16)14(9)18-3/h5-7H,4H2,1-3H3. The van der Waals surface area contributed by atoms with E-state index in [1.54, 1.807) is 18.2 Å². The van der Waals surface area contributed by atoms with Crippen molar-refractivity contribution in [3.63, 3.8) is 0 Å². The minimum absolute atomic E-state index is 0.142. The first kappa shape index (κ1) is 12.4. The van der Waals surface area contributed by atoms with E-state index in [1.165, 1.54) is 14.2 Å². The Hall–Kier alpha value is -2.10. The predicted octanol–water partition coefficient (Wildman–Crippen LogP) is 2.38. The van der Waals surface area contributed by atoms with Gasteiger partial charge in [-0.2, -0.15) is 0 Å². The fraction of sp³-hybridized carbons (Fsp3) is 0.286. The highest BCUT2D eigenvalue weighted by Gasteiger charge is 2.32. The molecule has 1 aliphatic rings. The zero-order valence-corrected chi connectivity index (χ0v) is 10.6. The lowest BCUT2D eigenvalue weighted by Gasteiger charge is -2.19. The summed E-state index contributed by atoms with van der Waals surface area (Å²) in [5, 5.41) is 0. The number of methoxy groups -OCH3 is 2. The highest BCUT2D eigenvalue weighted by Crippen LogP contribution is 2.30. The molecule has 94 valence electrons. The number of Topliss-reactive ketones (excluding diaryl/α,β-unsaturated/α-hetero) is 2. The molecule has 0 saturated heterocycles. The number of ketones is 2. The van der Waals surface area contributed by atoms with Crippen molar-refractivity contribution in [1.82, 2.24) is 0 Å². The van der Waals surface area contributed by atoms with Gasteiger partial charge in [-0.25, -0.2) is 0 Å². The molecule has 0 spiro atoms. The predicted molar refractivity (Wildman–Crippen MR) is 66.0 cm³/mol. The van der Waals surface area contributed by atoms with Crippen molar-refractivity contribution in [3.05, 3.63) is 40.7 Å². The first-order valence-corrected chi connectivity index (χ1v) is 5.68. The van der Waals surface area contributed by atoms with E-state index in [0.717, 1.165) is 0 Å². The molecule has 4 nitrogen and oxygen atoms in total. The summed E-state index contributed by atoms with van der Waals surface area (Å²) >= 11 is 0. The minimum Gasteiger partial charge on any atom is -0.497 e. The van der Waals surface area contributed by atoms with Crippen LogP contribution in [-0.4, -0.2) is 25.8 Å². The molecule has 0 radical (unpaired) electrons. The molecule has 1 aromatic rings. The lowest BCUT2D eigenvalue weighted by molar-refractivity contribution is 0.0903. The largest absolute Gasteiger partial charge is 0.497 e. The maximum atomic E-state index is 12.2. The van der Waals surface area contributed by atoms with Crippen molar-refractivity contribution in [2.24, 2.45) is 0 Å². The van der Waals surface area contributed by atoms with Crippen LogP contribution in [0, 0.1) is 0 Å². The van der Waals surface area contributed by atoms with Gasteiger partial charge in [0.25, 0.3) is 0 Å². The lowest BCUT2D eigenvalue weighted by atomic mass is 9.87. The fourth-order valence-corrected chi connectivity index (χ4v) is 2.10. The zero-order valence-electron chi connectivity index (χ0n) is 10.6. The minimum atomic E-state index is -0.261. The summed E-state index contributed by atoms with van der Waals surface area (Å²) in [4.78, 5) is 24.5. The Kier molecular flexibility index (Phi) is 3.19. The number of allylic oxidation sites excluding steroid dienone is 2. The van der Waals surface area contributed by atoms with Crippen LogP contribution in [0.5, 0.6) is 5.75 Å². The lowest BCUT2D eigenvalue weighted by Crippen LogP contribution is -2.22. The van der Waals surface area contributed by atoms with Crippen LogP contribution < -0.4 is 4.74 Å². The van der Waals surface area contributed by atoms with Gasteiger partial charge in [-0.1, -0.05) is 6.92 Å². The summed E-state index contributed by atoms with van der Waals surface area (Å²) < 4.78 is 10.1. The molecule has 0 unspecified atom stereocenters. The molecule has 18 heavy (non-hydrogen) atoms. The smallest absolute Gasteiger partial charge is 0.228 e. The van der Waals surface area contributed by atoms with Crippen LogP contribution in [0.25, 0.3) is 0 Å². The van der Waals surface area contributed by atoms with Crippen molar-refractivity contribution < 1.29 is 19.1 Å². The molecular formula is C14H14O4. The van der Waals surface area contributed by atoms with Gasteiger partial charge >= 0.3 is 0 Å². The first-order valence-electron chi connectivity index (χ1n) is 5.68. The Bertz CT molecular complexity index is 555. The maximum Gasteiger partial charge on any atom is 0.228 e. The maximum absolute atomic E-state index is 12.2. The Balaban J connectivity index is 2.64. The number of rotatable bonds is 3. The van der Waals surface area contributed by atoms with Gasteiger partial charge < -0.3 is 9.47 Å².